The molecule has 126 valence electrons. The highest BCUT2D eigenvalue weighted by molar-refractivity contribution is 5.86. The largest absolute Gasteiger partial charge is 0.479 e. The summed E-state index contributed by atoms with van der Waals surface area (Å²) in [6.07, 6.45) is -1.50. The predicted molar refractivity (Wildman–Crippen MR) is 84.1 cm³/mol. The first-order chi connectivity index (χ1) is 10.6. The van der Waals surface area contributed by atoms with Crippen LogP contribution in [0.2, 0.25) is 0 Å². The molecule has 0 spiro atoms. The van der Waals surface area contributed by atoms with Crippen molar-refractivity contribution < 1.29 is 24.5 Å². The first kappa shape index (κ1) is 17.3. The standard InChI is InChI=1S/C17H23NO5/c1-16(2,3)23-15(22)18-11-13(19)10-17(18,14(20)21)9-12-7-5-4-6-8-12/h4-8,13,19H,9-11H2,1-3H3,(H,20,21)/t13-,17-/m1/s1. The monoisotopic (exact) mass is 321 g/mol. The van der Waals surface area contributed by atoms with Crippen LogP contribution in [0.5, 0.6) is 0 Å². The van der Waals surface area contributed by atoms with E-state index in [2.05, 4.69) is 0 Å². The number of aliphatic hydroxyl groups is 1. The number of hydrogen-bond donors (Lipinski definition) is 2. The molecule has 1 fully saturated rings. The number of carbonyl (C=O) groups excluding carboxylic acids is 1. The zero-order valence-electron chi connectivity index (χ0n) is 13.7. The van der Waals surface area contributed by atoms with Crippen molar-refractivity contribution >= 4 is 12.1 Å². The van der Waals surface area contributed by atoms with Gasteiger partial charge in [-0.3, -0.25) is 4.90 Å². The van der Waals surface area contributed by atoms with E-state index in [-0.39, 0.29) is 19.4 Å². The Bertz CT molecular complexity index is 580. The molecule has 2 atom stereocenters. The summed E-state index contributed by atoms with van der Waals surface area (Å²) in [5.74, 6) is -1.14. The van der Waals surface area contributed by atoms with Crippen LogP contribution in [0.3, 0.4) is 0 Å². The van der Waals surface area contributed by atoms with Crippen molar-refractivity contribution in [3.05, 3.63) is 35.9 Å². The average molecular weight is 321 g/mol. The van der Waals surface area contributed by atoms with Crippen molar-refractivity contribution in [2.45, 2.75) is 50.9 Å². The van der Waals surface area contributed by atoms with E-state index in [0.29, 0.717) is 0 Å². The Morgan fingerprint density at radius 1 is 1.30 bits per heavy atom. The number of nitrogens with zero attached hydrogens (tertiary/aromatic N) is 1. The van der Waals surface area contributed by atoms with Crippen molar-refractivity contribution in [3.8, 4) is 0 Å². The molecule has 0 aliphatic carbocycles. The summed E-state index contributed by atoms with van der Waals surface area (Å²) < 4.78 is 5.33. The lowest BCUT2D eigenvalue weighted by Crippen LogP contribution is -2.55. The van der Waals surface area contributed by atoms with Crippen LogP contribution in [0.15, 0.2) is 30.3 Å². The van der Waals surface area contributed by atoms with Gasteiger partial charge in [-0.2, -0.15) is 0 Å². The molecule has 1 amide bonds. The molecule has 0 unspecified atom stereocenters. The Morgan fingerprint density at radius 2 is 1.91 bits per heavy atom. The molecular formula is C17H23NO5. The van der Waals surface area contributed by atoms with E-state index < -0.39 is 29.3 Å². The van der Waals surface area contributed by atoms with E-state index >= 15 is 0 Å². The Balaban J connectivity index is 2.34. The maximum absolute atomic E-state index is 12.4. The number of carboxylic acid groups (broad SMARTS) is 1. The van der Waals surface area contributed by atoms with E-state index in [9.17, 15) is 19.8 Å². The van der Waals surface area contributed by atoms with Gasteiger partial charge in [-0.05, 0) is 26.3 Å². The van der Waals surface area contributed by atoms with Crippen LogP contribution in [0, 0.1) is 0 Å². The van der Waals surface area contributed by atoms with Crippen molar-refractivity contribution in [3.63, 3.8) is 0 Å². The molecule has 1 aromatic carbocycles. The second-order valence-electron chi connectivity index (χ2n) is 6.95. The molecule has 0 saturated carbocycles. The van der Waals surface area contributed by atoms with Crippen molar-refractivity contribution in [2.24, 2.45) is 0 Å². The molecule has 1 aliphatic rings. The number of carbonyl (C=O) groups is 2. The fraction of sp³-hybridized carbons (Fsp3) is 0.529. The van der Waals surface area contributed by atoms with Gasteiger partial charge in [0.25, 0.3) is 0 Å². The van der Waals surface area contributed by atoms with E-state index in [0.717, 1.165) is 10.5 Å². The molecule has 2 rings (SSSR count). The Hall–Kier alpha value is -2.08. The molecule has 1 heterocycles. The second kappa shape index (κ2) is 6.20. The van der Waals surface area contributed by atoms with Gasteiger partial charge in [-0.15, -0.1) is 0 Å². The lowest BCUT2D eigenvalue weighted by molar-refractivity contribution is -0.149. The maximum Gasteiger partial charge on any atom is 0.411 e. The molecule has 1 aliphatic heterocycles. The molecule has 23 heavy (non-hydrogen) atoms. The first-order valence-electron chi connectivity index (χ1n) is 7.60. The van der Waals surface area contributed by atoms with Gasteiger partial charge in [0.2, 0.25) is 0 Å². The average Bonchev–Trinajstić information content (AvgIpc) is 2.76. The third kappa shape index (κ3) is 3.82. The van der Waals surface area contributed by atoms with Crippen molar-refractivity contribution in [2.75, 3.05) is 6.54 Å². The number of aliphatic carboxylic acids is 1. The SMILES string of the molecule is CC(C)(C)OC(=O)N1C[C@H](O)C[C@]1(Cc1ccccc1)C(=O)O. The summed E-state index contributed by atoms with van der Waals surface area (Å²) in [5.41, 5.74) is -1.44. The molecule has 6 nitrogen and oxygen atoms in total. The molecule has 1 aromatic rings. The smallest absolute Gasteiger partial charge is 0.411 e. The maximum atomic E-state index is 12.4. The zero-order chi connectivity index (χ0) is 17.3. The molecular weight excluding hydrogens is 298 g/mol. The number of carboxylic acids is 1. The van der Waals surface area contributed by atoms with Crippen molar-refractivity contribution in [1.29, 1.82) is 0 Å². The van der Waals surface area contributed by atoms with Crippen LogP contribution in [-0.4, -0.2) is 51.0 Å². The highest BCUT2D eigenvalue weighted by atomic mass is 16.6. The summed E-state index contributed by atoms with van der Waals surface area (Å²) in [7, 11) is 0. The minimum atomic E-state index is -1.50. The van der Waals surface area contributed by atoms with E-state index in [4.69, 9.17) is 4.74 Å². The van der Waals surface area contributed by atoms with Crippen LogP contribution >= 0.6 is 0 Å². The summed E-state index contributed by atoms with van der Waals surface area (Å²) >= 11 is 0. The van der Waals surface area contributed by atoms with Crippen LogP contribution in [0.1, 0.15) is 32.8 Å². The molecule has 1 saturated heterocycles. The van der Waals surface area contributed by atoms with Gasteiger partial charge in [-0.25, -0.2) is 9.59 Å². The summed E-state index contributed by atoms with van der Waals surface area (Å²) in [6.45, 7) is 5.11. The summed E-state index contributed by atoms with van der Waals surface area (Å²) in [6, 6.07) is 9.08. The third-order valence-corrected chi connectivity index (χ3v) is 3.83. The predicted octanol–water partition coefficient (Wildman–Crippen LogP) is 2.05. The van der Waals surface area contributed by atoms with Crippen molar-refractivity contribution in [1.82, 2.24) is 4.90 Å². The van der Waals surface area contributed by atoms with Gasteiger partial charge in [0.1, 0.15) is 11.1 Å². The molecule has 6 heteroatoms. The summed E-state index contributed by atoms with van der Waals surface area (Å²) in [4.78, 5) is 25.6. The highest BCUT2D eigenvalue weighted by Gasteiger charge is 2.54. The first-order valence-corrected chi connectivity index (χ1v) is 7.60. The molecule has 0 radical (unpaired) electrons. The number of aliphatic hydroxyl groups excluding tert-OH is 1. The van der Waals surface area contributed by atoms with Crippen LogP contribution in [-0.2, 0) is 16.0 Å². The highest BCUT2D eigenvalue weighted by Crippen LogP contribution is 2.34. The van der Waals surface area contributed by atoms with Gasteiger partial charge in [0, 0.05) is 12.8 Å². The van der Waals surface area contributed by atoms with E-state index in [1.54, 1.807) is 20.8 Å². The molecule has 0 aromatic heterocycles. The number of hydrogen-bond acceptors (Lipinski definition) is 4. The fourth-order valence-electron chi connectivity index (χ4n) is 2.90. The molecule has 2 N–H and O–H groups in total. The third-order valence-electron chi connectivity index (χ3n) is 3.83. The second-order valence-corrected chi connectivity index (χ2v) is 6.95. The Kier molecular flexibility index (Phi) is 4.66. The minimum absolute atomic E-state index is 0.0174. The van der Waals surface area contributed by atoms with Gasteiger partial charge in [-0.1, -0.05) is 30.3 Å². The lowest BCUT2D eigenvalue weighted by Gasteiger charge is -2.35. The van der Waals surface area contributed by atoms with Gasteiger partial charge < -0.3 is 14.9 Å². The Labute approximate surface area is 135 Å². The number of β-amino-alcohol motifs (C(OH)–C–C–N with tert-alkyl or cyclic N) is 1. The van der Waals surface area contributed by atoms with Crippen LogP contribution in [0.25, 0.3) is 0 Å². The van der Waals surface area contributed by atoms with E-state index in [1.807, 2.05) is 30.3 Å². The van der Waals surface area contributed by atoms with Crippen LogP contribution < -0.4 is 0 Å². The number of rotatable bonds is 3. The zero-order valence-corrected chi connectivity index (χ0v) is 13.7. The summed E-state index contributed by atoms with van der Waals surface area (Å²) in [5, 5.41) is 19.8. The van der Waals surface area contributed by atoms with Gasteiger partial charge >= 0.3 is 12.1 Å². The number of benzene rings is 1. The minimum Gasteiger partial charge on any atom is -0.479 e. The van der Waals surface area contributed by atoms with Gasteiger partial charge in [0.05, 0.1) is 12.6 Å². The normalized spacial score (nSPS) is 24.5. The lowest BCUT2D eigenvalue weighted by atomic mass is 9.88. The fourth-order valence-corrected chi connectivity index (χ4v) is 2.90. The number of likely N-dealkylation sites (tertiary alicyclic amines) is 1. The topological polar surface area (TPSA) is 87.1 Å². The molecule has 0 bridgehead atoms. The van der Waals surface area contributed by atoms with E-state index in [1.165, 1.54) is 0 Å². The number of amides is 1. The van der Waals surface area contributed by atoms with Crippen LogP contribution in [0.4, 0.5) is 4.79 Å². The quantitative estimate of drug-likeness (QED) is 0.890. The van der Waals surface area contributed by atoms with Gasteiger partial charge in [0.15, 0.2) is 0 Å². The number of ether oxygens (including phenoxy) is 1. The Morgan fingerprint density at radius 3 is 2.43 bits per heavy atom.